The van der Waals surface area contributed by atoms with Crippen LogP contribution in [0.25, 0.3) is 11.1 Å². The van der Waals surface area contributed by atoms with Gasteiger partial charge in [-0.3, -0.25) is 14.5 Å². The summed E-state index contributed by atoms with van der Waals surface area (Å²) in [6.07, 6.45) is 4.76. The van der Waals surface area contributed by atoms with E-state index in [1.54, 1.807) is 18.2 Å². The molecule has 4 aromatic carbocycles. The number of hydrogen-bond donors (Lipinski definition) is 3. The minimum atomic E-state index is -2.34. The molecule has 2 saturated heterocycles. The molecule has 60 heavy (non-hydrogen) atoms. The molecule has 0 spiro atoms. The first kappa shape index (κ1) is 43.4. The number of halogens is 5. The zero-order valence-corrected chi connectivity index (χ0v) is 34.3. The number of nitrogens with one attached hydrogen (secondary N) is 2. The number of benzene rings is 4. The van der Waals surface area contributed by atoms with Crippen molar-refractivity contribution >= 4 is 11.8 Å². The van der Waals surface area contributed by atoms with Crippen molar-refractivity contribution in [3.05, 3.63) is 130 Å². The van der Waals surface area contributed by atoms with Crippen molar-refractivity contribution in [2.45, 2.75) is 115 Å². The third-order valence-electron chi connectivity index (χ3n) is 12.1. The number of aliphatic hydroxyl groups is 1. The highest BCUT2D eigenvalue weighted by Gasteiger charge is 2.46. The maximum atomic E-state index is 14.3. The molecule has 2 aliphatic heterocycles. The van der Waals surface area contributed by atoms with Crippen LogP contribution in [0.5, 0.6) is 0 Å². The molecule has 3 aliphatic rings. The number of rotatable bonds is 10. The van der Waals surface area contributed by atoms with E-state index < -0.39 is 46.8 Å². The molecule has 1 saturated carbocycles. The molecule has 2 amide bonds. The molecule has 2 heterocycles. The maximum Gasteiger partial charge on any atom is 0.257 e. The van der Waals surface area contributed by atoms with E-state index in [4.69, 9.17) is 9.47 Å². The number of piperidine rings is 1. The van der Waals surface area contributed by atoms with Crippen LogP contribution >= 0.6 is 0 Å². The molecule has 7 atom stereocenters. The monoisotopic (exact) mass is 833 g/mol. The summed E-state index contributed by atoms with van der Waals surface area (Å²) in [7, 11) is 0. The molecule has 8 nitrogen and oxygen atoms in total. The standard InChI is InChI=1S/C47H52F5N3O5/c1-26-36(24-55-34-14-6-5-10-29(34)19-20-35(55)44(57)54-47(2,3)4)59-46(60-43(26)30-17-15-27(25-56)16-18-30)33-13-8-12-32(22-33)31-11-7-9-28(21-31)23-53-45(58)37-38(48)40(50)42(52)41(51)39(37)49/h7-9,11-13,15-18,21-22,26,29,34-36,43,46,56H,5-6,10,14,19-20,23-25H2,1-4H3,(H,53,58)(H,54,57). The molecule has 1 aliphatic carbocycles. The minimum Gasteiger partial charge on any atom is -0.392 e. The molecule has 0 bridgehead atoms. The Morgan fingerprint density at radius 2 is 1.42 bits per heavy atom. The molecule has 3 fully saturated rings. The van der Waals surface area contributed by atoms with E-state index in [9.17, 15) is 36.6 Å². The van der Waals surface area contributed by atoms with Gasteiger partial charge >= 0.3 is 0 Å². The lowest BCUT2D eigenvalue weighted by Gasteiger charge is -2.51. The van der Waals surface area contributed by atoms with E-state index in [1.165, 1.54) is 6.42 Å². The van der Waals surface area contributed by atoms with Gasteiger partial charge in [-0.1, -0.05) is 80.4 Å². The number of fused-ring (bicyclic) bond motifs is 1. The molecule has 0 aromatic heterocycles. The quantitative estimate of drug-likeness (QED) is 0.0838. The molecule has 3 N–H and O–H groups in total. The Balaban J connectivity index is 1.16. The van der Waals surface area contributed by atoms with Gasteiger partial charge in [-0.05, 0) is 92.3 Å². The molecule has 7 unspecified atom stereocenters. The Morgan fingerprint density at radius 1 is 0.767 bits per heavy atom. The number of hydrogen-bond acceptors (Lipinski definition) is 6. The van der Waals surface area contributed by atoms with Gasteiger partial charge in [0.25, 0.3) is 5.91 Å². The van der Waals surface area contributed by atoms with Crippen molar-refractivity contribution in [3.63, 3.8) is 0 Å². The van der Waals surface area contributed by atoms with Gasteiger partial charge in [0, 0.05) is 36.2 Å². The molecular weight excluding hydrogens is 782 g/mol. The van der Waals surface area contributed by atoms with E-state index in [1.807, 2.05) is 75.4 Å². The zero-order chi connectivity index (χ0) is 42.9. The van der Waals surface area contributed by atoms with Crippen molar-refractivity contribution in [1.82, 2.24) is 15.5 Å². The SMILES string of the molecule is CC1C(CN2C(C(=O)NC(C)(C)C)CCC3CCCCC32)OC(c2cccc(-c3cccc(CNC(=O)c4c(F)c(F)c(F)c(F)c4F)c3)c2)OC1c1ccc(CO)cc1. The minimum absolute atomic E-state index is 0.0333. The topological polar surface area (TPSA) is 100 Å². The summed E-state index contributed by atoms with van der Waals surface area (Å²) >= 11 is 0. The normalized spacial score (nSPS) is 24.7. The second kappa shape index (κ2) is 18.1. The fourth-order valence-electron chi connectivity index (χ4n) is 9.06. The van der Waals surface area contributed by atoms with Gasteiger partial charge in [-0.2, -0.15) is 0 Å². The van der Waals surface area contributed by atoms with Crippen LogP contribution in [0, 0.1) is 40.9 Å². The van der Waals surface area contributed by atoms with E-state index in [-0.39, 0.29) is 54.8 Å². The number of ether oxygens (including phenoxy) is 2. The number of carbonyl (C=O) groups excluding carboxylic acids is 2. The summed E-state index contributed by atoms with van der Waals surface area (Å²) in [5.74, 6) is -12.2. The average Bonchev–Trinajstić information content (AvgIpc) is 3.24. The van der Waals surface area contributed by atoms with Crippen LogP contribution in [-0.2, 0) is 27.4 Å². The maximum absolute atomic E-state index is 14.3. The number of nitrogens with zero attached hydrogens (tertiary/aromatic N) is 1. The van der Waals surface area contributed by atoms with E-state index in [0.717, 1.165) is 59.9 Å². The van der Waals surface area contributed by atoms with E-state index >= 15 is 0 Å². The number of amides is 2. The van der Waals surface area contributed by atoms with Crippen molar-refractivity contribution < 1.29 is 46.1 Å². The lowest BCUT2D eigenvalue weighted by molar-refractivity contribution is -0.278. The fourth-order valence-corrected chi connectivity index (χ4v) is 9.06. The summed E-state index contributed by atoms with van der Waals surface area (Å²) < 4.78 is 83.5. The van der Waals surface area contributed by atoms with E-state index in [0.29, 0.717) is 18.0 Å². The summed E-state index contributed by atoms with van der Waals surface area (Å²) in [5.41, 5.74) is 2.52. The first-order valence-electron chi connectivity index (χ1n) is 20.7. The molecule has 320 valence electrons. The third kappa shape index (κ3) is 9.29. The lowest BCUT2D eigenvalue weighted by atomic mass is 9.75. The molecule has 7 rings (SSSR count). The number of aliphatic hydroxyl groups excluding tert-OH is 1. The second-order valence-electron chi connectivity index (χ2n) is 17.4. The van der Waals surface area contributed by atoms with Crippen molar-refractivity contribution in [2.24, 2.45) is 11.8 Å². The Morgan fingerprint density at radius 3 is 2.10 bits per heavy atom. The summed E-state index contributed by atoms with van der Waals surface area (Å²) in [4.78, 5) is 29.0. The van der Waals surface area contributed by atoms with Crippen molar-refractivity contribution in [2.75, 3.05) is 6.54 Å². The molecular formula is C47H52F5N3O5. The van der Waals surface area contributed by atoms with Gasteiger partial charge < -0.3 is 25.2 Å². The first-order chi connectivity index (χ1) is 28.6. The lowest BCUT2D eigenvalue weighted by Crippen LogP contribution is -2.61. The Labute approximate surface area is 347 Å². The van der Waals surface area contributed by atoms with Crippen LogP contribution in [0.1, 0.15) is 111 Å². The Kier molecular flexibility index (Phi) is 13.1. The van der Waals surface area contributed by atoms with Crippen LogP contribution in [0.2, 0.25) is 0 Å². The highest BCUT2D eigenvalue weighted by Crippen LogP contribution is 2.45. The number of likely N-dealkylation sites (tertiary alicyclic amines) is 1. The predicted octanol–water partition coefficient (Wildman–Crippen LogP) is 9.20. The number of carbonyl (C=O) groups is 2. The summed E-state index contributed by atoms with van der Waals surface area (Å²) in [6, 6.07) is 22.3. The van der Waals surface area contributed by atoms with Gasteiger partial charge in [0.1, 0.15) is 5.56 Å². The van der Waals surface area contributed by atoms with Crippen LogP contribution in [0.4, 0.5) is 22.0 Å². The van der Waals surface area contributed by atoms with Crippen LogP contribution in [-0.4, -0.2) is 52.1 Å². The fraction of sp³-hybridized carbons (Fsp3) is 0.447. The summed E-state index contributed by atoms with van der Waals surface area (Å²) in [6.45, 7) is 8.30. The van der Waals surface area contributed by atoms with Crippen molar-refractivity contribution in [3.8, 4) is 11.1 Å². The van der Waals surface area contributed by atoms with Gasteiger partial charge in [-0.15, -0.1) is 0 Å². The van der Waals surface area contributed by atoms with Gasteiger partial charge in [0.05, 0.1) is 24.9 Å². The molecule has 13 heteroatoms. The van der Waals surface area contributed by atoms with Crippen LogP contribution in [0.3, 0.4) is 0 Å². The highest BCUT2D eigenvalue weighted by molar-refractivity contribution is 5.94. The first-order valence-corrected chi connectivity index (χ1v) is 20.7. The van der Waals surface area contributed by atoms with Crippen LogP contribution in [0.15, 0.2) is 72.8 Å². The van der Waals surface area contributed by atoms with E-state index in [2.05, 4.69) is 22.5 Å². The highest BCUT2D eigenvalue weighted by atomic mass is 19.2. The van der Waals surface area contributed by atoms with Gasteiger partial charge in [-0.25, -0.2) is 22.0 Å². The summed E-state index contributed by atoms with van der Waals surface area (Å²) in [5, 5.41) is 15.3. The largest absolute Gasteiger partial charge is 0.392 e. The average molecular weight is 834 g/mol. The molecule has 0 radical (unpaired) electrons. The van der Waals surface area contributed by atoms with Crippen molar-refractivity contribution in [1.29, 1.82) is 0 Å². The Bertz CT molecular complexity index is 2170. The van der Waals surface area contributed by atoms with Crippen LogP contribution < -0.4 is 10.6 Å². The van der Waals surface area contributed by atoms with Gasteiger partial charge in [0.15, 0.2) is 29.6 Å². The molecule has 4 aromatic rings. The second-order valence-corrected chi connectivity index (χ2v) is 17.4. The zero-order valence-electron chi connectivity index (χ0n) is 34.3. The Hall–Kier alpha value is -4.69. The van der Waals surface area contributed by atoms with Gasteiger partial charge in [0.2, 0.25) is 11.7 Å². The predicted molar refractivity (Wildman–Crippen MR) is 216 cm³/mol. The third-order valence-corrected chi connectivity index (χ3v) is 12.1. The smallest absolute Gasteiger partial charge is 0.257 e.